The van der Waals surface area contributed by atoms with Crippen LogP contribution in [0.4, 0.5) is 4.79 Å². The molecule has 0 unspecified atom stereocenters. The van der Waals surface area contributed by atoms with Gasteiger partial charge in [-0.15, -0.1) is 0 Å². The van der Waals surface area contributed by atoms with E-state index < -0.39 is 6.16 Å². The molecule has 0 atom stereocenters. The standard InChI is InChI=1S/C22H42O3/c1-3-5-6-7-8-9-10-11-12-13-14-15-16-17-18-19-21-25-22(23)24-20-4-2/h4H,2-3,5-21H2,1H3. The SMILES string of the molecule is C=CCOC(=O)OCCCCCCCCCCCCCCCCCC. The fraction of sp³-hybridized carbons (Fsp3) is 0.864. The molecule has 0 heterocycles. The minimum atomic E-state index is -0.583. The number of rotatable bonds is 19. The van der Waals surface area contributed by atoms with Crippen molar-refractivity contribution in [1.82, 2.24) is 0 Å². The number of hydrogen-bond acceptors (Lipinski definition) is 3. The molecule has 0 radical (unpaired) electrons. The molecule has 0 N–H and O–H groups in total. The van der Waals surface area contributed by atoms with Gasteiger partial charge in [0, 0.05) is 0 Å². The van der Waals surface area contributed by atoms with Crippen LogP contribution in [0.5, 0.6) is 0 Å². The van der Waals surface area contributed by atoms with Gasteiger partial charge in [0.15, 0.2) is 0 Å². The van der Waals surface area contributed by atoms with Crippen LogP contribution in [0.2, 0.25) is 0 Å². The van der Waals surface area contributed by atoms with E-state index in [4.69, 9.17) is 9.47 Å². The molecule has 25 heavy (non-hydrogen) atoms. The summed E-state index contributed by atoms with van der Waals surface area (Å²) in [7, 11) is 0. The molecule has 0 saturated carbocycles. The van der Waals surface area contributed by atoms with Crippen LogP contribution in [0.25, 0.3) is 0 Å². The van der Waals surface area contributed by atoms with E-state index in [9.17, 15) is 4.79 Å². The first-order chi connectivity index (χ1) is 12.3. The summed E-state index contributed by atoms with van der Waals surface area (Å²) >= 11 is 0. The molecule has 0 rings (SSSR count). The smallest absolute Gasteiger partial charge is 0.434 e. The monoisotopic (exact) mass is 354 g/mol. The highest BCUT2D eigenvalue weighted by atomic mass is 16.7. The van der Waals surface area contributed by atoms with E-state index in [1.807, 2.05) is 0 Å². The zero-order chi connectivity index (χ0) is 18.4. The Morgan fingerprint density at radius 2 is 1.08 bits per heavy atom. The molecule has 0 fully saturated rings. The van der Waals surface area contributed by atoms with Crippen molar-refractivity contribution in [2.75, 3.05) is 13.2 Å². The Morgan fingerprint density at radius 1 is 0.680 bits per heavy atom. The average Bonchev–Trinajstić information content (AvgIpc) is 2.62. The van der Waals surface area contributed by atoms with Crippen molar-refractivity contribution >= 4 is 6.16 Å². The fourth-order valence-electron chi connectivity index (χ4n) is 2.97. The van der Waals surface area contributed by atoms with Crippen molar-refractivity contribution in [2.24, 2.45) is 0 Å². The lowest BCUT2D eigenvalue weighted by Crippen LogP contribution is -2.08. The molecule has 0 aromatic carbocycles. The third-order valence-electron chi connectivity index (χ3n) is 4.54. The molecule has 0 bridgehead atoms. The number of ether oxygens (including phenoxy) is 2. The number of hydrogen-bond donors (Lipinski definition) is 0. The van der Waals surface area contributed by atoms with E-state index in [0.29, 0.717) is 6.61 Å². The van der Waals surface area contributed by atoms with Gasteiger partial charge >= 0.3 is 6.16 Å². The summed E-state index contributed by atoms with van der Waals surface area (Å²) in [4.78, 5) is 11.1. The zero-order valence-corrected chi connectivity index (χ0v) is 16.7. The fourth-order valence-corrected chi connectivity index (χ4v) is 2.97. The van der Waals surface area contributed by atoms with Gasteiger partial charge in [-0.25, -0.2) is 4.79 Å². The van der Waals surface area contributed by atoms with Gasteiger partial charge in [-0.3, -0.25) is 0 Å². The van der Waals surface area contributed by atoms with Crippen molar-refractivity contribution in [3.63, 3.8) is 0 Å². The number of carbonyl (C=O) groups excluding carboxylic acids is 1. The Morgan fingerprint density at radius 3 is 1.48 bits per heavy atom. The van der Waals surface area contributed by atoms with Gasteiger partial charge < -0.3 is 9.47 Å². The molecule has 0 aromatic rings. The van der Waals surface area contributed by atoms with Gasteiger partial charge in [-0.1, -0.05) is 116 Å². The van der Waals surface area contributed by atoms with Crippen LogP contribution in [0.3, 0.4) is 0 Å². The van der Waals surface area contributed by atoms with Crippen LogP contribution in [0.1, 0.15) is 110 Å². The van der Waals surface area contributed by atoms with E-state index in [0.717, 1.165) is 12.8 Å². The third-order valence-corrected chi connectivity index (χ3v) is 4.54. The lowest BCUT2D eigenvalue weighted by molar-refractivity contribution is 0.0620. The molecule has 3 heteroatoms. The van der Waals surface area contributed by atoms with Crippen LogP contribution < -0.4 is 0 Å². The molecule has 0 aromatic heterocycles. The predicted octanol–water partition coefficient (Wildman–Crippen LogP) is 7.59. The molecule has 0 aliphatic rings. The van der Waals surface area contributed by atoms with Crippen molar-refractivity contribution in [3.8, 4) is 0 Å². The molecule has 3 nitrogen and oxygen atoms in total. The minimum absolute atomic E-state index is 0.220. The van der Waals surface area contributed by atoms with Crippen LogP contribution in [-0.4, -0.2) is 19.4 Å². The number of carbonyl (C=O) groups is 1. The minimum Gasteiger partial charge on any atom is -0.434 e. The number of unbranched alkanes of at least 4 members (excludes halogenated alkanes) is 15. The van der Waals surface area contributed by atoms with Crippen molar-refractivity contribution in [2.45, 2.75) is 110 Å². The second-order valence-corrected chi connectivity index (χ2v) is 7.00. The molecule has 0 amide bonds. The molecular weight excluding hydrogens is 312 g/mol. The first-order valence-corrected chi connectivity index (χ1v) is 10.7. The van der Waals surface area contributed by atoms with Crippen molar-refractivity contribution in [1.29, 1.82) is 0 Å². The summed E-state index contributed by atoms with van der Waals surface area (Å²) in [6, 6.07) is 0. The molecule has 0 aliphatic heterocycles. The quantitative estimate of drug-likeness (QED) is 0.136. The normalized spacial score (nSPS) is 10.6. The first kappa shape index (κ1) is 24.0. The van der Waals surface area contributed by atoms with E-state index in [1.54, 1.807) is 0 Å². The Bertz CT molecular complexity index is 289. The van der Waals surface area contributed by atoms with Gasteiger partial charge in [-0.2, -0.15) is 0 Å². The van der Waals surface area contributed by atoms with Gasteiger partial charge in [-0.05, 0) is 6.42 Å². The van der Waals surface area contributed by atoms with E-state index in [-0.39, 0.29) is 6.61 Å². The van der Waals surface area contributed by atoms with Crippen LogP contribution in [0, 0.1) is 0 Å². The topological polar surface area (TPSA) is 35.5 Å². The lowest BCUT2D eigenvalue weighted by atomic mass is 10.0. The van der Waals surface area contributed by atoms with Gasteiger partial charge in [0.25, 0.3) is 0 Å². The summed E-state index contributed by atoms with van der Waals surface area (Å²) in [6.07, 6.45) is 22.5. The van der Waals surface area contributed by atoms with Crippen LogP contribution in [-0.2, 0) is 9.47 Å². The largest absolute Gasteiger partial charge is 0.508 e. The zero-order valence-electron chi connectivity index (χ0n) is 16.7. The summed E-state index contributed by atoms with van der Waals surface area (Å²) in [6.45, 7) is 6.45. The summed E-state index contributed by atoms with van der Waals surface area (Å²) in [5.74, 6) is 0. The second kappa shape index (κ2) is 21.1. The summed E-state index contributed by atoms with van der Waals surface area (Å²) < 4.78 is 9.70. The van der Waals surface area contributed by atoms with E-state index in [1.165, 1.54) is 96.0 Å². The first-order valence-electron chi connectivity index (χ1n) is 10.7. The Kier molecular flexibility index (Phi) is 20.2. The van der Waals surface area contributed by atoms with Crippen molar-refractivity contribution < 1.29 is 14.3 Å². The highest BCUT2D eigenvalue weighted by molar-refractivity contribution is 5.59. The van der Waals surface area contributed by atoms with E-state index in [2.05, 4.69) is 13.5 Å². The molecule has 0 aliphatic carbocycles. The van der Waals surface area contributed by atoms with Gasteiger partial charge in [0.1, 0.15) is 6.61 Å². The average molecular weight is 355 g/mol. The van der Waals surface area contributed by atoms with E-state index >= 15 is 0 Å². The second-order valence-electron chi connectivity index (χ2n) is 7.00. The molecule has 0 saturated heterocycles. The molecule has 148 valence electrons. The third kappa shape index (κ3) is 21.0. The maximum absolute atomic E-state index is 11.1. The molecular formula is C22H42O3. The van der Waals surface area contributed by atoms with Crippen LogP contribution >= 0.6 is 0 Å². The predicted molar refractivity (Wildman–Crippen MR) is 107 cm³/mol. The van der Waals surface area contributed by atoms with Crippen LogP contribution in [0.15, 0.2) is 12.7 Å². The maximum Gasteiger partial charge on any atom is 0.508 e. The summed E-state index contributed by atoms with van der Waals surface area (Å²) in [5.41, 5.74) is 0. The Hall–Kier alpha value is -0.990. The van der Waals surface area contributed by atoms with Gasteiger partial charge in [0.05, 0.1) is 6.61 Å². The van der Waals surface area contributed by atoms with Crippen molar-refractivity contribution in [3.05, 3.63) is 12.7 Å². The Labute approximate surface area is 156 Å². The highest BCUT2D eigenvalue weighted by Gasteiger charge is 2.01. The summed E-state index contributed by atoms with van der Waals surface area (Å²) in [5, 5.41) is 0. The van der Waals surface area contributed by atoms with Gasteiger partial charge in [0.2, 0.25) is 0 Å². The lowest BCUT2D eigenvalue weighted by Gasteiger charge is -2.05. The highest BCUT2D eigenvalue weighted by Crippen LogP contribution is 2.13. The Balaban J connectivity index is 3.05. The molecule has 0 spiro atoms. The maximum atomic E-state index is 11.1.